The Morgan fingerprint density at radius 1 is 1.57 bits per heavy atom. The summed E-state index contributed by atoms with van der Waals surface area (Å²) in [6.07, 6.45) is 3.67. The maximum absolute atomic E-state index is 5.43. The van der Waals surface area contributed by atoms with Gasteiger partial charge in [-0.3, -0.25) is 4.68 Å². The highest BCUT2D eigenvalue weighted by atomic mass is 16.5. The SMILES string of the molecule is CCn1cc(-c2cc(CN)no2)cn1. The highest BCUT2D eigenvalue weighted by Crippen LogP contribution is 2.19. The second-order valence-electron chi connectivity index (χ2n) is 2.97. The zero-order chi connectivity index (χ0) is 9.97. The summed E-state index contributed by atoms with van der Waals surface area (Å²) in [6.45, 7) is 3.27. The molecule has 0 unspecified atom stereocenters. The van der Waals surface area contributed by atoms with Crippen molar-refractivity contribution in [2.24, 2.45) is 5.73 Å². The Labute approximate surface area is 81.5 Å². The molecule has 0 radical (unpaired) electrons. The lowest BCUT2D eigenvalue weighted by Crippen LogP contribution is -1.94. The second kappa shape index (κ2) is 3.63. The van der Waals surface area contributed by atoms with E-state index in [2.05, 4.69) is 10.3 Å². The number of nitrogens with zero attached hydrogens (tertiary/aromatic N) is 3. The summed E-state index contributed by atoms with van der Waals surface area (Å²) in [5.74, 6) is 0.713. The second-order valence-corrected chi connectivity index (χ2v) is 2.97. The van der Waals surface area contributed by atoms with Crippen LogP contribution >= 0.6 is 0 Å². The van der Waals surface area contributed by atoms with Gasteiger partial charge < -0.3 is 10.3 Å². The largest absolute Gasteiger partial charge is 0.356 e. The van der Waals surface area contributed by atoms with Gasteiger partial charge in [0.25, 0.3) is 0 Å². The Bertz CT molecular complexity index is 378. The van der Waals surface area contributed by atoms with Gasteiger partial charge in [0.05, 0.1) is 17.5 Å². The quantitative estimate of drug-likeness (QED) is 0.788. The van der Waals surface area contributed by atoms with Crippen LogP contribution in [0.1, 0.15) is 12.6 Å². The third-order valence-corrected chi connectivity index (χ3v) is 2.01. The van der Waals surface area contributed by atoms with Crippen molar-refractivity contribution >= 4 is 0 Å². The Morgan fingerprint density at radius 2 is 2.43 bits per heavy atom. The standard InChI is InChI=1S/C9H12N4O/c1-2-13-6-7(5-11-13)9-3-8(4-10)12-14-9/h3,5-6H,2,4,10H2,1H3. The molecule has 0 aromatic carbocycles. The Hall–Kier alpha value is -1.62. The molecular weight excluding hydrogens is 180 g/mol. The average Bonchev–Trinajstić information content (AvgIpc) is 2.86. The van der Waals surface area contributed by atoms with Crippen LogP contribution in [0.5, 0.6) is 0 Å². The van der Waals surface area contributed by atoms with Gasteiger partial charge in [-0.05, 0) is 6.92 Å². The summed E-state index contributed by atoms with van der Waals surface area (Å²) < 4.78 is 6.95. The molecule has 2 aromatic rings. The Morgan fingerprint density at radius 3 is 3.00 bits per heavy atom. The zero-order valence-electron chi connectivity index (χ0n) is 7.97. The average molecular weight is 192 g/mol. The van der Waals surface area contributed by atoms with E-state index in [1.54, 1.807) is 6.20 Å². The van der Waals surface area contributed by atoms with E-state index < -0.39 is 0 Å². The third kappa shape index (κ3) is 1.54. The first-order chi connectivity index (χ1) is 6.83. The summed E-state index contributed by atoms with van der Waals surface area (Å²) in [5, 5.41) is 7.95. The van der Waals surface area contributed by atoms with Gasteiger partial charge in [-0.25, -0.2) is 0 Å². The molecule has 5 heteroatoms. The van der Waals surface area contributed by atoms with Gasteiger partial charge in [0.2, 0.25) is 0 Å². The van der Waals surface area contributed by atoms with Gasteiger partial charge in [0.15, 0.2) is 5.76 Å². The summed E-state index contributed by atoms with van der Waals surface area (Å²) in [6, 6.07) is 1.83. The Kier molecular flexibility index (Phi) is 2.32. The summed E-state index contributed by atoms with van der Waals surface area (Å²) in [7, 11) is 0. The molecule has 74 valence electrons. The molecule has 2 heterocycles. The van der Waals surface area contributed by atoms with Crippen LogP contribution in [-0.4, -0.2) is 14.9 Å². The maximum atomic E-state index is 5.43. The molecule has 0 spiro atoms. The minimum absolute atomic E-state index is 0.394. The van der Waals surface area contributed by atoms with Crippen molar-refractivity contribution in [1.82, 2.24) is 14.9 Å². The number of aryl methyl sites for hydroxylation is 1. The number of nitrogens with two attached hydrogens (primary N) is 1. The lowest BCUT2D eigenvalue weighted by Gasteiger charge is -1.89. The van der Waals surface area contributed by atoms with Gasteiger partial charge in [-0.15, -0.1) is 0 Å². The summed E-state index contributed by atoms with van der Waals surface area (Å²) in [5.41, 5.74) is 7.11. The number of rotatable bonds is 3. The van der Waals surface area contributed by atoms with E-state index in [-0.39, 0.29) is 0 Å². The van der Waals surface area contributed by atoms with E-state index >= 15 is 0 Å². The lowest BCUT2D eigenvalue weighted by molar-refractivity contribution is 0.424. The van der Waals surface area contributed by atoms with Crippen LogP contribution in [0.15, 0.2) is 23.0 Å². The van der Waals surface area contributed by atoms with Gasteiger partial charge in [-0.2, -0.15) is 5.10 Å². The fourth-order valence-electron chi connectivity index (χ4n) is 1.21. The molecule has 0 bridgehead atoms. The van der Waals surface area contributed by atoms with Gasteiger partial charge in [0, 0.05) is 25.4 Å². The van der Waals surface area contributed by atoms with Crippen molar-refractivity contribution in [1.29, 1.82) is 0 Å². The van der Waals surface area contributed by atoms with Crippen molar-refractivity contribution in [3.8, 4) is 11.3 Å². The first-order valence-electron chi connectivity index (χ1n) is 4.52. The summed E-state index contributed by atoms with van der Waals surface area (Å²) in [4.78, 5) is 0. The van der Waals surface area contributed by atoms with Gasteiger partial charge >= 0.3 is 0 Å². The van der Waals surface area contributed by atoms with E-state index in [1.807, 2.05) is 23.9 Å². The van der Waals surface area contributed by atoms with Crippen LogP contribution in [0.25, 0.3) is 11.3 Å². The molecule has 0 amide bonds. The molecule has 2 N–H and O–H groups in total. The minimum Gasteiger partial charge on any atom is -0.356 e. The smallest absolute Gasteiger partial charge is 0.170 e. The molecule has 0 aliphatic carbocycles. The monoisotopic (exact) mass is 192 g/mol. The molecule has 0 aliphatic rings. The van der Waals surface area contributed by atoms with Crippen molar-refractivity contribution in [2.75, 3.05) is 0 Å². The van der Waals surface area contributed by atoms with E-state index in [4.69, 9.17) is 10.3 Å². The normalized spacial score (nSPS) is 10.7. The Balaban J connectivity index is 2.29. The van der Waals surface area contributed by atoms with Crippen LogP contribution in [-0.2, 0) is 13.1 Å². The highest BCUT2D eigenvalue weighted by molar-refractivity contribution is 5.54. The molecule has 0 fully saturated rings. The highest BCUT2D eigenvalue weighted by Gasteiger charge is 2.07. The molecule has 0 saturated carbocycles. The molecule has 2 rings (SSSR count). The molecule has 2 aromatic heterocycles. The van der Waals surface area contributed by atoms with Gasteiger partial charge in [-0.1, -0.05) is 5.16 Å². The molecular formula is C9H12N4O. The van der Waals surface area contributed by atoms with Gasteiger partial charge in [0.1, 0.15) is 0 Å². The van der Waals surface area contributed by atoms with Crippen LogP contribution in [0.4, 0.5) is 0 Å². The predicted molar refractivity (Wildman–Crippen MR) is 51.3 cm³/mol. The van der Waals surface area contributed by atoms with E-state index in [0.29, 0.717) is 12.3 Å². The van der Waals surface area contributed by atoms with Crippen LogP contribution in [0.2, 0.25) is 0 Å². The van der Waals surface area contributed by atoms with Crippen molar-refractivity contribution in [3.63, 3.8) is 0 Å². The van der Waals surface area contributed by atoms with Crippen molar-refractivity contribution in [3.05, 3.63) is 24.2 Å². The number of aromatic nitrogens is 3. The van der Waals surface area contributed by atoms with E-state index in [9.17, 15) is 0 Å². The van der Waals surface area contributed by atoms with Crippen molar-refractivity contribution < 1.29 is 4.52 Å². The van der Waals surface area contributed by atoms with Crippen LogP contribution in [0.3, 0.4) is 0 Å². The molecule has 5 nitrogen and oxygen atoms in total. The van der Waals surface area contributed by atoms with E-state index in [1.165, 1.54) is 0 Å². The molecule has 0 aliphatic heterocycles. The molecule has 14 heavy (non-hydrogen) atoms. The zero-order valence-corrected chi connectivity index (χ0v) is 7.97. The van der Waals surface area contributed by atoms with Crippen molar-refractivity contribution in [2.45, 2.75) is 20.0 Å². The lowest BCUT2D eigenvalue weighted by atomic mass is 10.2. The minimum atomic E-state index is 0.394. The van der Waals surface area contributed by atoms with E-state index in [0.717, 1.165) is 17.8 Å². The molecule has 0 saturated heterocycles. The first kappa shape index (κ1) is 8.96. The maximum Gasteiger partial charge on any atom is 0.170 e. The fraction of sp³-hybridized carbons (Fsp3) is 0.333. The topological polar surface area (TPSA) is 69.9 Å². The summed E-state index contributed by atoms with van der Waals surface area (Å²) >= 11 is 0. The molecule has 0 atom stereocenters. The number of hydrogen-bond donors (Lipinski definition) is 1. The first-order valence-corrected chi connectivity index (χ1v) is 4.52. The van der Waals surface area contributed by atoms with Crippen LogP contribution in [0, 0.1) is 0 Å². The fourth-order valence-corrected chi connectivity index (χ4v) is 1.21. The van der Waals surface area contributed by atoms with Crippen LogP contribution < -0.4 is 5.73 Å². The predicted octanol–water partition coefficient (Wildman–Crippen LogP) is 1.02. The third-order valence-electron chi connectivity index (χ3n) is 2.01. The number of hydrogen-bond acceptors (Lipinski definition) is 4.